The second-order valence-electron chi connectivity index (χ2n) is 5.73. The molecule has 1 heterocycles. The Bertz CT molecular complexity index is 680. The number of aromatic nitrogens is 1. The summed E-state index contributed by atoms with van der Waals surface area (Å²) < 4.78 is 64.4. The Morgan fingerprint density at radius 3 is 2.45 bits per heavy atom. The minimum absolute atomic E-state index is 0.348. The monoisotopic (exact) mass is 335 g/mol. The molecule has 0 amide bonds. The number of nitrogens with zero attached hydrogens (tertiary/aromatic N) is 1. The van der Waals surface area contributed by atoms with Crippen molar-refractivity contribution in [3.8, 4) is 6.07 Å². The van der Waals surface area contributed by atoms with Gasteiger partial charge < -0.3 is 4.98 Å². The summed E-state index contributed by atoms with van der Waals surface area (Å²) in [7, 11) is -4.19. The van der Waals surface area contributed by atoms with Crippen LogP contribution in [0.4, 0.5) is 13.2 Å². The van der Waals surface area contributed by atoms with E-state index in [9.17, 15) is 26.9 Å². The van der Waals surface area contributed by atoms with Gasteiger partial charge >= 0.3 is 6.18 Å². The number of aromatic amines is 1. The molecule has 9 heteroatoms. The predicted molar refractivity (Wildman–Crippen MR) is 72.1 cm³/mol. The Hall–Kier alpha value is -1.53. The summed E-state index contributed by atoms with van der Waals surface area (Å²) in [5, 5.41) is 9.31. The quantitative estimate of drug-likeness (QED) is 0.890. The smallest absolute Gasteiger partial charge is 0.356 e. The van der Waals surface area contributed by atoms with E-state index in [0.717, 1.165) is 6.20 Å². The molecular weight excluding hydrogens is 319 g/mol. The molecule has 1 fully saturated rings. The first-order chi connectivity index (χ1) is 10.1. The van der Waals surface area contributed by atoms with Gasteiger partial charge in [0.05, 0.1) is 6.07 Å². The summed E-state index contributed by atoms with van der Waals surface area (Å²) in [6.07, 6.45) is -1.79. The molecule has 0 atom stereocenters. The Balaban J connectivity index is 2.24. The van der Waals surface area contributed by atoms with Crippen molar-refractivity contribution in [3.05, 3.63) is 18.0 Å². The van der Waals surface area contributed by atoms with E-state index < -0.39 is 32.3 Å². The average molecular weight is 335 g/mol. The van der Waals surface area contributed by atoms with Crippen LogP contribution < -0.4 is 4.72 Å². The van der Waals surface area contributed by atoms with Gasteiger partial charge in [0.15, 0.2) is 0 Å². The molecule has 0 aliphatic heterocycles. The zero-order valence-corrected chi connectivity index (χ0v) is 12.7. The van der Waals surface area contributed by atoms with Gasteiger partial charge in [0, 0.05) is 6.20 Å². The molecule has 22 heavy (non-hydrogen) atoms. The lowest BCUT2D eigenvalue weighted by Gasteiger charge is -2.33. The van der Waals surface area contributed by atoms with Crippen molar-refractivity contribution in [3.63, 3.8) is 0 Å². The van der Waals surface area contributed by atoms with Crippen molar-refractivity contribution in [1.29, 1.82) is 5.26 Å². The third-order valence-electron chi connectivity index (χ3n) is 3.94. The molecule has 0 unspecified atom stereocenters. The highest BCUT2D eigenvalue weighted by Crippen LogP contribution is 2.34. The first-order valence-corrected chi connectivity index (χ1v) is 8.27. The van der Waals surface area contributed by atoms with E-state index in [1.54, 1.807) is 0 Å². The third-order valence-corrected chi connectivity index (χ3v) is 5.46. The van der Waals surface area contributed by atoms with Crippen LogP contribution in [0.25, 0.3) is 0 Å². The van der Waals surface area contributed by atoms with Crippen LogP contribution in [0.1, 0.15) is 38.3 Å². The summed E-state index contributed by atoms with van der Waals surface area (Å²) in [4.78, 5) is 1.38. The number of halogens is 3. The molecule has 2 rings (SSSR count). The van der Waals surface area contributed by atoms with Gasteiger partial charge in [-0.05, 0) is 37.7 Å². The highest BCUT2D eigenvalue weighted by molar-refractivity contribution is 7.89. The fourth-order valence-corrected chi connectivity index (χ4v) is 3.87. The van der Waals surface area contributed by atoms with Gasteiger partial charge in [-0.25, -0.2) is 8.42 Å². The molecule has 0 radical (unpaired) electrons. The zero-order valence-electron chi connectivity index (χ0n) is 11.9. The van der Waals surface area contributed by atoms with Crippen LogP contribution in [0.2, 0.25) is 0 Å². The van der Waals surface area contributed by atoms with Crippen LogP contribution in [0.3, 0.4) is 0 Å². The number of hydrogen-bond acceptors (Lipinski definition) is 3. The van der Waals surface area contributed by atoms with Crippen LogP contribution in [-0.2, 0) is 16.2 Å². The maximum Gasteiger partial charge on any atom is 0.431 e. The number of alkyl halides is 3. The van der Waals surface area contributed by atoms with Crippen molar-refractivity contribution in [2.45, 2.75) is 49.2 Å². The molecule has 5 nitrogen and oxygen atoms in total. The van der Waals surface area contributed by atoms with E-state index in [1.807, 2.05) is 18.0 Å². The minimum atomic E-state index is -4.65. The molecule has 1 aromatic rings. The molecule has 1 aliphatic rings. The van der Waals surface area contributed by atoms with Crippen LogP contribution in [0.15, 0.2) is 17.2 Å². The highest BCUT2D eigenvalue weighted by atomic mass is 32.2. The second kappa shape index (κ2) is 5.59. The van der Waals surface area contributed by atoms with Crippen LogP contribution in [0, 0.1) is 17.2 Å². The van der Waals surface area contributed by atoms with E-state index in [2.05, 4.69) is 4.72 Å². The molecular formula is C13H16F3N3O2S. The van der Waals surface area contributed by atoms with Crippen LogP contribution >= 0.6 is 0 Å². The number of nitriles is 1. The summed E-state index contributed by atoms with van der Waals surface area (Å²) in [5.74, 6) is 0.398. The van der Waals surface area contributed by atoms with E-state index in [1.165, 1.54) is 0 Å². The third kappa shape index (κ3) is 3.44. The van der Waals surface area contributed by atoms with Crippen LogP contribution in [0.5, 0.6) is 0 Å². The lowest BCUT2D eigenvalue weighted by Crippen LogP contribution is -2.49. The highest BCUT2D eigenvalue weighted by Gasteiger charge is 2.40. The van der Waals surface area contributed by atoms with E-state index >= 15 is 0 Å². The lowest BCUT2D eigenvalue weighted by molar-refractivity contribution is -0.140. The minimum Gasteiger partial charge on any atom is -0.356 e. The zero-order chi connectivity index (χ0) is 16.6. The van der Waals surface area contributed by atoms with Crippen molar-refractivity contribution in [2.75, 3.05) is 0 Å². The van der Waals surface area contributed by atoms with Crippen molar-refractivity contribution >= 4 is 10.0 Å². The van der Waals surface area contributed by atoms with Gasteiger partial charge in [-0.2, -0.15) is 23.2 Å². The molecule has 2 N–H and O–H groups in total. The largest absolute Gasteiger partial charge is 0.431 e. The Morgan fingerprint density at radius 1 is 1.41 bits per heavy atom. The molecule has 0 aromatic carbocycles. The second-order valence-corrected chi connectivity index (χ2v) is 7.41. The van der Waals surface area contributed by atoms with Crippen molar-refractivity contribution < 1.29 is 21.6 Å². The number of sulfonamides is 1. The molecule has 1 saturated carbocycles. The summed E-state index contributed by atoms with van der Waals surface area (Å²) in [6.45, 7) is 2.01. The molecule has 0 bridgehead atoms. The van der Waals surface area contributed by atoms with E-state index in [0.29, 0.717) is 37.7 Å². The van der Waals surface area contributed by atoms with Gasteiger partial charge in [-0.1, -0.05) is 6.92 Å². The molecule has 122 valence electrons. The first kappa shape index (κ1) is 16.8. The standard InChI is InChI=1S/C13H16F3N3O2S/c1-9-2-4-12(8-17,5-3-9)19-22(20,21)10-6-11(18-7-10)13(14,15)16/h6-7,9,18-19H,2-5H2,1H3. The maximum atomic E-state index is 12.5. The predicted octanol–water partition coefficient (Wildman–Crippen LogP) is 2.78. The number of rotatable bonds is 3. The first-order valence-electron chi connectivity index (χ1n) is 6.79. The van der Waals surface area contributed by atoms with Gasteiger partial charge in [0.2, 0.25) is 10.0 Å². The molecule has 1 aliphatic carbocycles. The van der Waals surface area contributed by atoms with Crippen molar-refractivity contribution in [2.24, 2.45) is 5.92 Å². The SMILES string of the molecule is CC1CCC(C#N)(NS(=O)(=O)c2c[nH]c(C(F)(F)F)c2)CC1. The van der Waals surface area contributed by atoms with E-state index in [-0.39, 0.29) is 0 Å². The summed E-state index contributed by atoms with van der Waals surface area (Å²) >= 11 is 0. The molecule has 0 saturated heterocycles. The summed E-state index contributed by atoms with van der Waals surface area (Å²) in [6, 6.07) is 2.50. The Labute approximate surface area is 126 Å². The topological polar surface area (TPSA) is 85.8 Å². The average Bonchev–Trinajstić information content (AvgIpc) is 2.92. The van der Waals surface area contributed by atoms with Gasteiger partial charge in [-0.15, -0.1) is 0 Å². The number of hydrogen-bond donors (Lipinski definition) is 2. The van der Waals surface area contributed by atoms with E-state index in [4.69, 9.17) is 0 Å². The molecule has 1 aromatic heterocycles. The number of nitrogens with one attached hydrogen (secondary N) is 2. The lowest BCUT2D eigenvalue weighted by atomic mass is 9.79. The molecule has 0 spiro atoms. The summed E-state index contributed by atoms with van der Waals surface area (Å²) in [5.41, 5.74) is -2.39. The van der Waals surface area contributed by atoms with Gasteiger partial charge in [-0.3, -0.25) is 0 Å². The van der Waals surface area contributed by atoms with Crippen LogP contribution in [-0.4, -0.2) is 18.9 Å². The number of H-pyrrole nitrogens is 1. The Morgan fingerprint density at radius 2 is 2.00 bits per heavy atom. The van der Waals surface area contributed by atoms with Crippen molar-refractivity contribution in [1.82, 2.24) is 9.71 Å². The maximum absolute atomic E-state index is 12.5. The Kier molecular flexibility index (Phi) is 4.28. The fraction of sp³-hybridized carbons (Fsp3) is 0.615. The van der Waals surface area contributed by atoms with Gasteiger partial charge in [0.1, 0.15) is 16.1 Å². The normalized spacial score (nSPS) is 26.6. The fourth-order valence-electron chi connectivity index (χ4n) is 2.50. The van der Waals surface area contributed by atoms with Gasteiger partial charge in [0.25, 0.3) is 0 Å².